The van der Waals surface area contributed by atoms with Crippen molar-refractivity contribution in [1.29, 1.82) is 0 Å². The minimum absolute atomic E-state index is 0.378. The molecular weight excluding hydrogens is 336 g/mol. The van der Waals surface area contributed by atoms with Gasteiger partial charge in [0.2, 0.25) is 5.91 Å². The minimum atomic E-state index is -0.378. The number of primary amides is 1. The zero-order valence-corrected chi connectivity index (χ0v) is 15.4. The zero-order chi connectivity index (χ0) is 18.4. The van der Waals surface area contributed by atoms with Crippen LogP contribution in [0.3, 0.4) is 0 Å². The molecule has 27 heavy (non-hydrogen) atoms. The Bertz CT molecular complexity index is 1030. The fraction of sp³-hybridized carbons (Fsp3) is 0.348. The number of carbonyl (C=O) groups is 1. The number of carbonyl (C=O) groups excluding carboxylic acids is 1. The van der Waals surface area contributed by atoms with Gasteiger partial charge in [0, 0.05) is 22.0 Å². The third-order valence-corrected chi connectivity index (χ3v) is 6.12. The highest BCUT2D eigenvalue weighted by atomic mass is 16.5. The van der Waals surface area contributed by atoms with E-state index >= 15 is 0 Å². The molecule has 1 saturated carbocycles. The van der Waals surface area contributed by atoms with Crippen LogP contribution in [-0.2, 0) is 6.54 Å². The van der Waals surface area contributed by atoms with Crippen LogP contribution in [0.2, 0.25) is 0 Å². The highest BCUT2D eigenvalue weighted by molar-refractivity contribution is 6.00. The largest absolute Gasteiger partial charge is 0.491 e. The van der Waals surface area contributed by atoms with Crippen LogP contribution in [-0.4, -0.2) is 17.1 Å². The molecule has 3 aromatic rings. The first-order valence-corrected chi connectivity index (χ1v) is 9.92. The van der Waals surface area contributed by atoms with E-state index in [-0.39, 0.29) is 5.91 Å². The van der Waals surface area contributed by atoms with Crippen molar-refractivity contribution in [3.63, 3.8) is 0 Å². The smallest absolute Gasteiger partial charge is 0.248 e. The molecule has 0 spiro atoms. The van der Waals surface area contributed by atoms with Crippen LogP contribution in [0, 0.1) is 0 Å². The van der Waals surface area contributed by atoms with Crippen LogP contribution in [0.25, 0.3) is 22.2 Å². The molecule has 1 amide bonds. The van der Waals surface area contributed by atoms with E-state index in [0.717, 1.165) is 23.4 Å². The summed E-state index contributed by atoms with van der Waals surface area (Å²) in [6, 6.07) is 14.3. The number of hydrogen-bond acceptors (Lipinski definition) is 2. The number of para-hydroxylation sites is 1. The van der Waals surface area contributed by atoms with E-state index in [1.54, 1.807) is 0 Å². The molecule has 1 fully saturated rings. The molecule has 2 N–H and O–H groups in total. The number of hydrogen-bond donors (Lipinski definition) is 1. The van der Waals surface area contributed by atoms with Crippen molar-refractivity contribution in [2.24, 2.45) is 5.73 Å². The lowest BCUT2D eigenvalue weighted by molar-refractivity contribution is 0.100. The SMILES string of the molecule is NC(=O)c1ccc2c(C3CCCCC3)c3n(c2c1)CCOc1ccccc1-3. The first-order chi connectivity index (χ1) is 13.2. The van der Waals surface area contributed by atoms with Gasteiger partial charge in [-0.1, -0.05) is 37.5 Å². The number of benzene rings is 2. The van der Waals surface area contributed by atoms with Gasteiger partial charge in [0.15, 0.2) is 0 Å². The second kappa shape index (κ2) is 6.45. The summed E-state index contributed by atoms with van der Waals surface area (Å²) in [7, 11) is 0. The van der Waals surface area contributed by atoms with Gasteiger partial charge in [-0.05, 0) is 48.6 Å². The third-order valence-electron chi connectivity index (χ3n) is 6.12. The lowest BCUT2D eigenvalue weighted by Crippen LogP contribution is -2.11. The molecular formula is C23H24N2O2. The standard InChI is InChI=1S/C23H24N2O2/c24-23(26)16-10-11-17-19(14-16)25-12-13-27-20-9-5-4-8-18(20)22(25)21(17)15-6-2-1-3-7-15/h4-5,8-11,14-15H,1-3,6-7,12-13H2,(H2,24,26). The number of nitrogens with two attached hydrogens (primary N) is 1. The summed E-state index contributed by atoms with van der Waals surface area (Å²) in [4.78, 5) is 11.8. The predicted molar refractivity (Wildman–Crippen MR) is 107 cm³/mol. The molecule has 5 rings (SSSR count). The summed E-state index contributed by atoms with van der Waals surface area (Å²) < 4.78 is 8.39. The Morgan fingerprint density at radius 1 is 1.07 bits per heavy atom. The summed E-state index contributed by atoms with van der Waals surface area (Å²) in [5.74, 6) is 1.13. The molecule has 0 unspecified atom stereocenters. The van der Waals surface area contributed by atoms with E-state index in [2.05, 4.69) is 28.8 Å². The Kier molecular flexibility index (Phi) is 3.92. The lowest BCUT2D eigenvalue weighted by Gasteiger charge is -2.23. The second-order valence-corrected chi connectivity index (χ2v) is 7.69. The molecule has 2 aliphatic rings. The highest BCUT2D eigenvalue weighted by Crippen LogP contribution is 2.46. The summed E-state index contributed by atoms with van der Waals surface area (Å²) in [6.45, 7) is 1.40. The Labute approximate surface area is 158 Å². The fourth-order valence-electron chi connectivity index (χ4n) is 4.89. The van der Waals surface area contributed by atoms with Crippen molar-refractivity contribution in [3.05, 3.63) is 53.6 Å². The number of ether oxygens (including phenoxy) is 1. The van der Waals surface area contributed by atoms with Gasteiger partial charge in [-0.15, -0.1) is 0 Å². The molecule has 0 atom stereocenters. The van der Waals surface area contributed by atoms with Crippen LogP contribution < -0.4 is 10.5 Å². The van der Waals surface area contributed by atoms with Gasteiger partial charge in [0.05, 0.1) is 12.2 Å². The van der Waals surface area contributed by atoms with E-state index in [9.17, 15) is 4.79 Å². The van der Waals surface area contributed by atoms with Gasteiger partial charge in [0.25, 0.3) is 0 Å². The van der Waals surface area contributed by atoms with Gasteiger partial charge in [0.1, 0.15) is 12.4 Å². The van der Waals surface area contributed by atoms with Crippen LogP contribution in [0.5, 0.6) is 5.75 Å². The minimum Gasteiger partial charge on any atom is -0.491 e. The number of nitrogens with zero attached hydrogens (tertiary/aromatic N) is 1. The van der Waals surface area contributed by atoms with Crippen molar-refractivity contribution in [3.8, 4) is 17.0 Å². The average molecular weight is 360 g/mol. The maximum atomic E-state index is 11.8. The summed E-state index contributed by atoms with van der Waals surface area (Å²) >= 11 is 0. The van der Waals surface area contributed by atoms with Gasteiger partial charge < -0.3 is 15.0 Å². The summed E-state index contributed by atoms with van der Waals surface area (Å²) in [6.07, 6.45) is 6.36. The van der Waals surface area contributed by atoms with E-state index in [1.165, 1.54) is 48.7 Å². The Balaban J connectivity index is 1.84. The molecule has 138 valence electrons. The van der Waals surface area contributed by atoms with E-state index in [0.29, 0.717) is 18.1 Å². The maximum absolute atomic E-state index is 11.8. The fourth-order valence-corrected chi connectivity index (χ4v) is 4.89. The lowest BCUT2D eigenvalue weighted by atomic mass is 9.81. The average Bonchev–Trinajstić information content (AvgIpc) is 2.90. The zero-order valence-electron chi connectivity index (χ0n) is 15.4. The van der Waals surface area contributed by atoms with Crippen LogP contribution >= 0.6 is 0 Å². The molecule has 1 aliphatic heterocycles. The molecule has 0 bridgehead atoms. The first kappa shape index (κ1) is 16.4. The van der Waals surface area contributed by atoms with E-state index < -0.39 is 0 Å². The maximum Gasteiger partial charge on any atom is 0.248 e. The van der Waals surface area contributed by atoms with Crippen molar-refractivity contribution in [2.75, 3.05) is 6.61 Å². The van der Waals surface area contributed by atoms with E-state index in [4.69, 9.17) is 10.5 Å². The number of fused-ring (bicyclic) bond motifs is 5. The molecule has 2 aromatic carbocycles. The van der Waals surface area contributed by atoms with Gasteiger partial charge >= 0.3 is 0 Å². The molecule has 4 nitrogen and oxygen atoms in total. The van der Waals surface area contributed by atoms with Crippen LogP contribution in [0.1, 0.15) is 53.9 Å². The predicted octanol–water partition coefficient (Wildman–Crippen LogP) is 4.85. The van der Waals surface area contributed by atoms with Gasteiger partial charge in [-0.2, -0.15) is 0 Å². The number of aromatic nitrogens is 1. The van der Waals surface area contributed by atoms with Gasteiger partial charge in [-0.3, -0.25) is 4.79 Å². The monoisotopic (exact) mass is 360 g/mol. The molecule has 4 heteroatoms. The number of amides is 1. The van der Waals surface area contributed by atoms with Crippen molar-refractivity contribution >= 4 is 16.8 Å². The van der Waals surface area contributed by atoms with Crippen molar-refractivity contribution in [2.45, 2.75) is 44.6 Å². The van der Waals surface area contributed by atoms with Crippen molar-refractivity contribution in [1.82, 2.24) is 4.57 Å². The molecule has 2 heterocycles. The molecule has 1 aliphatic carbocycles. The highest BCUT2D eigenvalue weighted by Gasteiger charge is 2.29. The molecule has 0 saturated heterocycles. The Morgan fingerprint density at radius 3 is 2.70 bits per heavy atom. The second-order valence-electron chi connectivity index (χ2n) is 7.69. The van der Waals surface area contributed by atoms with Gasteiger partial charge in [-0.25, -0.2) is 0 Å². The Hall–Kier alpha value is -2.75. The Morgan fingerprint density at radius 2 is 1.89 bits per heavy atom. The third kappa shape index (κ3) is 2.62. The van der Waals surface area contributed by atoms with Crippen molar-refractivity contribution < 1.29 is 9.53 Å². The van der Waals surface area contributed by atoms with Crippen LogP contribution in [0.15, 0.2) is 42.5 Å². The molecule has 0 radical (unpaired) electrons. The molecule has 1 aromatic heterocycles. The topological polar surface area (TPSA) is 57.2 Å². The van der Waals surface area contributed by atoms with Crippen LogP contribution in [0.4, 0.5) is 0 Å². The van der Waals surface area contributed by atoms with E-state index in [1.807, 2.05) is 18.2 Å². The first-order valence-electron chi connectivity index (χ1n) is 9.92. The number of rotatable bonds is 2. The quantitative estimate of drug-likeness (QED) is 0.710. The summed E-state index contributed by atoms with van der Waals surface area (Å²) in [5.41, 5.74) is 11.1. The normalized spacial score (nSPS) is 17.0. The summed E-state index contributed by atoms with van der Waals surface area (Å²) in [5, 5.41) is 1.26.